The Morgan fingerprint density at radius 3 is 2.10 bits per heavy atom. The maximum atomic E-state index is 6.15. The summed E-state index contributed by atoms with van der Waals surface area (Å²) in [5, 5.41) is 1.02. The van der Waals surface area contributed by atoms with Gasteiger partial charge in [-0.05, 0) is 31.0 Å². The molecule has 120 valence electrons. The van der Waals surface area contributed by atoms with Crippen molar-refractivity contribution >= 4 is 39.8 Å². The highest BCUT2D eigenvalue weighted by atomic mass is 35.5. The minimum atomic E-state index is -2.50. The van der Waals surface area contributed by atoms with Crippen LogP contribution in [-0.2, 0) is 9.05 Å². The van der Waals surface area contributed by atoms with Crippen molar-refractivity contribution < 1.29 is 13.6 Å². The molecule has 0 aliphatic heterocycles. The van der Waals surface area contributed by atoms with Gasteiger partial charge in [0.1, 0.15) is 8.93 Å². The molecule has 0 spiro atoms. The third-order valence-corrected chi connectivity index (χ3v) is 5.93. The van der Waals surface area contributed by atoms with Gasteiger partial charge in [0, 0.05) is 5.02 Å². The summed E-state index contributed by atoms with van der Waals surface area (Å²) >= 11 is 12.0. The Balaban J connectivity index is 2.74. The van der Waals surface area contributed by atoms with Crippen LogP contribution in [0.15, 0.2) is 18.2 Å². The molecule has 0 saturated heterocycles. The van der Waals surface area contributed by atoms with Gasteiger partial charge in [-0.15, -0.1) is 0 Å². The number of halogens is 2. The molecular formula is C14H23Cl2O3P2+. The van der Waals surface area contributed by atoms with Crippen LogP contribution in [0, 0.1) is 0 Å². The van der Waals surface area contributed by atoms with Crippen molar-refractivity contribution in [3.8, 4) is 5.75 Å². The second kappa shape index (κ2) is 10.2. The highest BCUT2D eigenvalue weighted by Gasteiger charge is 2.41. The van der Waals surface area contributed by atoms with Crippen LogP contribution in [0.4, 0.5) is 0 Å². The van der Waals surface area contributed by atoms with Crippen molar-refractivity contribution in [1.29, 1.82) is 0 Å². The number of unbranched alkanes of at least 4 members (excludes halogenated alkanes) is 2. The molecule has 0 heterocycles. The molecule has 21 heavy (non-hydrogen) atoms. The fourth-order valence-corrected chi connectivity index (χ4v) is 4.30. The molecule has 3 nitrogen and oxygen atoms in total. The van der Waals surface area contributed by atoms with Crippen molar-refractivity contribution in [3.05, 3.63) is 28.2 Å². The Morgan fingerprint density at radius 1 is 1.05 bits per heavy atom. The van der Waals surface area contributed by atoms with Gasteiger partial charge in [0.05, 0.1) is 18.2 Å². The minimum absolute atomic E-state index is 0.451. The SMILES string of the molecule is CCCCO[P+](P)(OCCCC)Oc1ccc(Cl)cc1Cl. The second-order valence-electron chi connectivity index (χ2n) is 4.58. The van der Waals surface area contributed by atoms with E-state index in [1.54, 1.807) is 18.2 Å². The van der Waals surface area contributed by atoms with E-state index in [-0.39, 0.29) is 0 Å². The third-order valence-electron chi connectivity index (χ3n) is 2.66. The second-order valence-corrected chi connectivity index (χ2v) is 9.10. The number of benzene rings is 1. The summed E-state index contributed by atoms with van der Waals surface area (Å²) in [6.45, 7) is 5.43. The quantitative estimate of drug-likeness (QED) is 0.344. The lowest BCUT2D eigenvalue weighted by Gasteiger charge is -2.19. The predicted octanol–water partition coefficient (Wildman–Crippen LogP) is 6.56. The topological polar surface area (TPSA) is 27.7 Å². The van der Waals surface area contributed by atoms with Gasteiger partial charge in [-0.1, -0.05) is 49.9 Å². The van der Waals surface area contributed by atoms with E-state index in [0.717, 1.165) is 25.7 Å². The summed E-state index contributed by atoms with van der Waals surface area (Å²) in [5.74, 6) is 0.525. The van der Waals surface area contributed by atoms with Gasteiger partial charge >= 0.3 is 7.63 Å². The highest BCUT2D eigenvalue weighted by Crippen LogP contribution is 2.69. The number of rotatable bonds is 10. The van der Waals surface area contributed by atoms with Gasteiger partial charge in [0.15, 0.2) is 5.75 Å². The maximum absolute atomic E-state index is 6.15. The van der Waals surface area contributed by atoms with E-state index in [2.05, 4.69) is 22.8 Å². The van der Waals surface area contributed by atoms with Gasteiger partial charge in [-0.25, -0.2) is 0 Å². The van der Waals surface area contributed by atoms with Crippen molar-refractivity contribution in [2.75, 3.05) is 13.2 Å². The average Bonchev–Trinajstić information content (AvgIpc) is 2.43. The molecule has 1 unspecified atom stereocenters. The van der Waals surface area contributed by atoms with Crippen LogP contribution >= 0.6 is 39.8 Å². The lowest BCUT2D eigenvalue weighted by Crippen LogP contribution is -2.06. The van der Waals surface area contributed by atoms with Crippen LogP contribution in [0.25, 0.3) is 0 Å². The zero-order valence-electron chi connectivity index (χ0n) is 12.5. The van der Waals surface area contributed by atoms with Crippen LogP contribution in [0.3, 0.4) is 0 Å². The fraction of sp³-hybridized carbons (Fsp3) is 0.571. The molecular weight excluding hydrogens is 349 g/mol. The molecule has 0 N–H and O–H groups in total. The molecule has 0 saturated carbocycles. The molecule has 1 atom stereocenters. The summed E-state index contributed by atoms with van der Waals surface area (Å²) in [7, 11) is 0.0902. The molecule has 0 aliphatic carbocycles. The zero-order valence-corrected chi connectivity index (χ0v) is 16.0. The number of hydrogen-bond acceptors (Lipinski definition) is 3. The Bertz CT molecular complexity index is 423. The van der Waals surface area contributed by atoms with Crippen molar-refractivity contribution in [2.45, 2.75) is 39.5 Å². The van der Waals surface area contributed by atoms with Crippen molar-refractivity contribution in [1.82, 2.24) is 0 Å². The summed E-state index contributed by atoms with van der Waals surface area (Å²) < 4.78 is 17.6. The van der Waals surface area contributed by atoms with E-state index in [4.69, 9.17) is 36.8 Å². The van der Waals surface area contributed by atoms with Gasteiger partial charge in [-0.2, -0.15) is 9.05 Å². The van der Waals surface area contributed by atoms with Crippen LogP contribution < -0.4 is 4.52 Å². The van der Waals surface area contributed by atoms with Crippen molar-refractivity contribution in [2.24, 2.45) is 0 Å². The third kappa shape index (κ3) is 7.46. The standard InChI is InChI=1S/C14H23Cl2O3P2/c1-3-5-9-17-21(20,18-10-6-4-2)19-14-8-7-12(15)11-13(14)16/h7-8,11H,3-6,9-10,20H2,1-2H3/q+1. The smallest absolute Gasteiger partial charge is 0.283 e. The molecule has 0 bridgehead atoms. The largest absolute Gasteiger partial charge is 0.466 e. The van der Waals surface area contributed by atoms with E-state index in [1.165, 1.54) is 0 Å². The Labute approximate surface area is 140 Å². The Hall–Kier alpha value is 0.380. The summed E-state index contributed by atoms with van der Waals surface area (Å²) in [5.41, 5.74) is 0. The Kier molecular flexibility index (Phi) is 9.45. The van der Waals surface area contributed by atoms with Crippen molar-refractivity contribution in [3.63, 3.8) is 0 Å². The normalized spacial score (nSPS) is 11.7. The van der Waals surface area contributed by atoms with E-state index in [9.17, 15) is 0 Å². The lowest BCUT2D eigenvalue weighted by molar-refractivity contribution is 0.194. The first-order chi connectivity index (χ1) is 10.0. The van der Waals surface area contributed by atoms with Gasteiger partial charge in [-0.3, -0.25) is 4.52 Å². The molecule has 0 aliphatic rings. The zero-order chi connectivity index (χ0) is 15.7. The first kappa shape index (κ1) is 19.4. The van der Waals surface area contributed by atoms with Gasteiger partial charge in [0.2, 0.25) is 0 Å². The van der Waals surface area contributed by atoms with Gasteiger partial charge < -0.3 is 0 Å². The van der Waals surface area contributed by atoms with Crippen LogP contribution in [0.5, 0.6) is 5.75 Å². The van der Waals surface area contributed by atoms with Crippen LogP contribution in [-0.4, -0.2) is 13.2 Å². The van der Waals surface area contributed by atoms with E-state index < -0.39 is 7.63 Å². The molecule has 0 aromatic heterocycles. The number of hydrogen-bond donors (Lipinski definition) is 0. The fourth-order valence-electron chi connectivity index (χ4n) is 1.45. The molecule has 1 rings (SSSR count). The first-order valence-electron chi connectivity index (χ1n) is 7.12. The highest BCUT2D eigenvalue weighted by molar-refractivity contribution is 8.16. The lowest BCUT2D eigenvalue weighted by atomic mass is 10.3. The maximum Gasteiger partial charge on any atom is 0.466 e. The molecule has 0 radical (unpaired) electrons. The molecule has 0 amide bonds. The van der Waals surface area contributed by atoms with Gasteiger partial charge in [0.25, 0.3) is 0 Å². The summed E-state index contributed by atoms with van der Waals surface area (Å²) in [6, 6.07) is 5.11. The summed E-state index contributed by atoms with van der Waals surface area (Å²) in [6.07, 6.45) is 4.04. The Morgan fingerprint density at radius 2 is 1.62 bits per heavy atom. The average molecular weight is 372 g/mol. The summed E-state index contributed by atoms with van der Waals surface area (Å²) in [4.78, 5) is 0. The minimum Gasteiger partial charge on any atom is -0.283 e. The monoisotopic (exact) mass is 371 g/mol. The van der Waals surface area contributed by atoms with Crippen LogP contribution in [0.1, 0.15) is 39.5 Å². The molecule has 1 aromatic rings. The van der Waals surface area contributed by atoms with E-state index >= 15 is 0 Å². The molecule has 0 fully saturated rings. The predicted molar refractivity (Wildman–Crippen MR) is 95.4 cm³/mol. The molecule has 7 heteroatoms. The van der Waals surface area contributed by atoms with Crippen LogP contribution in [0.2, 0.25) is 10.0 Å². The van der Waals surface area contributed by atoms with E-state index in [0.29, 0.717) is 29.0 Å². The first-order valence-corrected chi connectivity index (χ1v) is 11.0. The van der Waals surface area contributed by atoms with E-state index in [1.807, 2.05) is 0 Å². The molecule has 1 aromatic carbocycles.